The average molecular weight is 411 g/mol. The molecule has 0 saturated heterocycles. The molecule has 1 atom stereocenters. The van der Waals surface area contributed by atoms with Crippen LogP contribution in [0.3, 0.4) is 0 Å². The van der Waals surface area contributed by atoms with E-state index in [0.717, 1.165) is 30.6 Å². The Kier molecular flexibility index (Phi) is 5.72. The van der Waals surface area contributed by atoms with E-state index >= 15 is 0 Å². The molecule has 152 valence electrons. The Balaban J connectivity index is 1.60. The van der Waals surface area contributed by atoms with Crippen LogP contribution in [0.4, 0.5) is 0 Å². The molecule has 5 nitrogen and oxygen atoms in total. The maximum absolute atomic E-state index is 13.3. The van der Waals surface area contributed by atoms with Crippen LogP contribution < -0.4 is 4.74 Å². The van der Waals surface area contributed by atoms with Crippen molar-refractivity contribution < 1.29 is 14.3 Å². The highest BCUT2D eigenvalue weighted by atomic mass is 32.1. The number of carbonyl (C=O) groups is 2. The number of benzene rings is 1. The first-order valence-corrected chi connectivity index (χ1v) is 10.9. The minimum absolute atomic E-state index is 0.0153. The number of carbonyl (C=O) groups excluding carboxylic acids is 2. The molecule has 0 radical (unpaired) electrons. The maximum Gasteiger partial charge on any atom is 0.243 e. The largest absolute Gasteiger partial charge is 0.497 e. The maximum atomic E-state index is 13.3. The van der Waals surface area contributed by atoms with Gasteiger partial charge >= 0.3 is 0 Å². The molecule has 1 saturated carbocycles. The van der Waals surface area contributed by atoms with E-state index < -0.39 is 0 Å². The highest BCUT2D eigenvalue weighted by molar-refractivity contribution is 7.10. The topological polar surface area (TPSA) is 49.9 Å². The van der Waals surface area contributed by atoms with Crippen molar-refractivity contribution in [3.8, 4) is 5.75 Å². The minimum atomic E-state index is -0.134. The molecule has 0 bridgehead atoms. The predicted octanol–water partition coefficient (Wildman–Crippen LogP) is 3.66. The lowest BCUT2D eigenvalue weighted by Crippen LogP contribution is -2.47. The van der Waals surface area contributed by atoms with Gasteiger partial charge in [0.25, 0.3) is 0 Å². The molecule has 1 aliphatic carbocycles. The van der Waals surface area contributed by atoms with Gasteiger partial charge in [-0.15, -0.1) is 17.9 Å². The van der Waals surface area contributed by atoms with Gasteiger partial charge in [0.1, 0.15) is 12.3 Å². The number of amides is 2. The van der Waals surface area contributed by atoms with Gasteiger partial charge in [0.2, 0.25) is 11.8 Å². The number of hydrogen-bond acceptors (Lipinski definition) is 4. The van der Waals surface area contributed by atoms with Crippen LogP contribution >= 0.6 is 11.3 Å². The fourth-order valence-corrected chi connectivity index (χ4v) is 4.87. The van der Waals surface area contributed by atoms with Gasteiger partial charge in [-0.2, -0.15) is 0 Å². The molecule has 1 aromatic carbocycles. The lowest BCUT2D eigenvalue weighted by Gasteiger charge is -2.37. The SMILES string of the molecule is C=CCN(CC(=O)N1CCc2sccc2[C@H]1c1ccc(OC)cc1)C(=O)C1CC1. The molecule has 0 N–H and O–H groups in total. The predicted molar refractivity (Wildman–Crippen MR) is 114 cm³/mol. The molecule has 2 aliphatic rings. The van der Waals surface area contributed by atoms with Crippen molar-refractivity contribution in [2.24, 2.45) is 5.92 Å². The van der Waals surface area contributed by atoms with Gasteiger partial charge in [0.15, 0.2) is 0 Å². The Morgan fingerprint density at radius 2 is 2.03 bits per heavy atom. The summed E-state index contributed by atoms with van der Waals surface area (Å²) in [6, 6.07) is 9.88. The number of ether oxygens (including phenoxy) is 1. The molecule has 2 amide bonds. The fourth-order valence-electron chi connectivity index (χ4n) is 3.96. The Morgan fingerprint density at radius 3 is 2.69 bits per heavy atom. The van der Waals surface area contributed by atoms with Crippen molar-refractivity contribution in [2.75, 3.05) is 26.7 Å². The minimum Gasteiger partial charge on any atom is -0.497 e. The first-order valence-electron chi connectivity index (χ1n) is 10.0. The van der Waals surface area contributed by atoms with E-state index in [1.54, 1.807) is 29.4 Å². The summed E-state index contributed by atoms with van der Waals surface area (Å²) in [6.45, 7) is 4.92. The Morgan fingerprint density at radius 1 is 1.28 bits per heavy atom. The first kappa shape index (κ1) is 19.7. The van der Waals surface area contributed by atoms with Crippen molar-refractivity contribution in [1.29, 1.82) is 0 Å². The number of fused-ring (bicyclic) bond motifs is 1. The molecule has 4 rings (SSSR count). The number of thiophene rings is 1. The van der Waals surface area contributed by atoms with E-state index in [9.17, 15) is 9.59 Å². The van der Waals surface area contributed by atoms with E-state index in [0.29, 0.717) is 13.1 Å². The summed E-state index contributed by atoms with van der Waals surface area (Å²) in [7, 11) is 1.65. The average Bonchev–Trinajstić information content (AvgIpc) is 3.49. The van der Waals surface area contributed by atoms with Gasteiger partial charge in [0.05, 0.1) is 13.2 Å². The second kappa shape index (κ2) is 8.41. The molecule has 0 unspecified atom stereocenters. The van der Waals surface area contributed by atoms with Crippen LogP contribution in [0.2, 0.25) is 0 Å². The molecule has 1 fully saturated rings. The third-order valence-corrected chi connectivity index (χ3v) is 6.63. The number of nitrogens with zero attached hydrogens (tertiary/aromatic N) is 2. The summed E-state index contributed by atoms with van der Waals surface area (Å²) < 4.78 is 5.29. The zero-order valence-corrected chi connectivity index (χ0v) is 17.5. The Labute approximate surface area is 175 Å². The smallest absolute Gasteiger partial charge is 0.243 e. The fraction of sp³-hybridized carbons (Fsp3) is 0.391. The lowest BCUT2D eigenvalue weighted by atomic mass is 9.93. The molecule has 1 aliphatic heterocycles. The van der Waals surface area contributed by atoms with Crippen LogP contribution in [0, 0.1) is 5.92 Å². The van der Waals surface area contributed by atoms with E-state index in [2.05, 4.69) is 18.0 Å². The highest BCUT2D eigenvalue weighted by Gasteiger charge is 2.37. The second-order valence-electron chi connectivity index (χ2n) is 7.59. The summed E-state index contributed by atoms with van der Waals surface area (Å²) in [6.07, 6.45) is 4.40. The molecule has 29 heavy (non-hydrogen) atoms. The third-order valence-electron chi connectivity index (χ3n) is 5.63. The van der Waals surface area contributed by atoms with Crippen LogP contribution in [0.1, 0.15) is 34.9 Å². The van der Waals surface area contributed by atoms with Crippen molar-refractivity contribution in [3.63, 3.8) is 0 Å². The normalized spacial score (nSPS) is 18.1. The molecular formula is C23H26N2O3S. The number of hydrogen-bond donors (Lipinski definition) is 0. The molecule has 2 heterocycles. The number of rotatable bonds is 7. The lowest BCUT2D eigenvalue weighted by molar-refractivity contribution is -0.142. The summed E-state index contributed by atoms with van der Waals surface area (Å²) in [5.74, 6) is 0.941. The van der Waals surface area contributed by atoms with E-state index in [-0.39, 0.29) is 30.3 Å². The monoisotopic (exact) mass is 410 g/mol. The summed E-state index contributed by atoms with van der Waals surface area (Å²) in [4.78, 5) is 30.8. The molecular weight excluding hydrogens is 384 g/mol. The van der Waals surface area contributed by atoms with Crippen molar-refractivity contribution in [3.05, 3.63) is 64.4 Å². The summed E-state index contributed by atoms with van der Waals surface area (Å²) in [5.41, 5.74) is 2.24. The van der Waals surface area contributed by atoms with Gasteiger partial charge in [-0.25, -0.2) is 0 Å². The van der Waals surface area contributed by atoms with Gasteiger partial charge in [-0.1, -0.05) is 18.2 Å². The van der Waals surface area contributed by atoms with Crippen molar-refractivity contribution in [2.45, 2.75) is 25.3 Å². The van der Waals surface area contributed by atoms with Crippen LogP contribution in [-0.4, -0.2) is 48.4 Å². The third kappa shape index (κ3) is 4.08. The van der Waals surface area contributed by atoms with E-state index in [4.69, 9.17) is 4.74 Å². The zero-order valence-electron chi connectivity index (χ0n) is 16.7. The zero-order chi connectivity index (χ0) is 20.4. The van der Waals surface area contributed by atoms with Crippen LogP contribution in [0.15, 0.2) is 48.4 Å². The molecule has 0 spiro atoms. The van der Waals surface area contributed by atoms with E-state index in [1.165, 1.54) is 10.4 Å². The standard InChI is InChI=1S/C23H26N2O3S/c1-3-12-24(23(27)17-4-5-17)15-21(26)25-13-10-20-19(11-14-29-20)22(25)16-6-8-18(28-2)9-7-16/h3,6-9,11,14,17,22H,1,4-5,10,12-13,15H2,2H3/t22-/m1/s1. The summed E-state index contributed by atoms with van der Waals surface area (Å²) in [5, 5.41) is 2.09. The summed E-state index contributed by atoms with van der Waals surface area (Å²) >= 11 is 1.74. The first-order chi connectivity index (χ1) is 14.1. The van der Waals surface area contributed by atoms with Crippen LogP contribution in [0.5, 0.6) is 5.75 Å². The van der Waals surface area contributed by atoms with Gasteiger partial charge < -0.3 is 14.5 Å². The van der Waals surface area contributed by atoms with Crippen LogP contribution in [-0.2, 0) is 16.0 Å². The highest BCUT2D eigenvalue weighted by Crippen LogP contribution is 2.38. The van der Waals surface area contributed by atoms with Crippen LogP contribution in [0.25, 0.3) is 0 Å². The molecule has 6 heteroatoms. The molecule has 1 aromatic heterocycles. The Bertz CT molecular complexity index is 901. The molecule has 2 aromatic rings. The van der Waals surface area contributed by atoms with Crippen molar-refractivity contribution in [1.82, 2.24) is 9.80 Å². The van der Waals surface area contributed by atoms with Gasteiger partial charge in [0, 0.05) is 23.9 Å². The Hall–Kier alpha value is -2.60. The van der Waals surface area contributed by atoms with Gasteiger partial charge in [-0.3, -0.25) is 9.59 Å². The van der Waals surface area contributed by atoms with Crippen molar-refractivity contribution >= 4 is 23.2 Å². The quantitative estimate of drug-likeness (QED) is 0.655. The number of methoxy groups -OCH3 is 1. The second-order valence-corrected chi connectivity index (χ2v) is 8.59. The van der Waals surface area contributed by atoms with E-state index in [1.807, 2.05) is 29.2 Å². The van der Waals surface area contributed by atoms with Gasteiger partial charge in [-0.05, 0) is 54.0 Å².